The molecular formula is C13H19N3O. The van der Waals surface area contributed by atoms with Gasteiger partial charge in [0.05, 0.1) is 0 Å². The Balaban J connectivity index is 1.85. The molecule has 0 spiro atoms. The monoisotopic (exact) mass is 233 g/mol. The van der Waals surface area contributed by atoms with Crippen LogP contribution in [0.3, 0.4) is 0 Å². The van der Waals surface area contributed by atoms with Crippen molar-refractivity contribution in [3.63, 3.8) is 0 Å². The highest BCUT2D eigenvalue weighted by molar-refractivity contribution is 5.94. The fourth-order valence-electron chi connectivity index (χ4n) is 2.04. The van der Waals surface area contributed by atoms with E-state index in [1.165, 1.54) is 6.42 Å². The zero-order valence-corrected chi connectivity index (χ0v) is 9.91. The van der Waals surface area contributed by atoms with Crippen molar-refractivity contribution in [1.82, 2.24) is 10.6 Å². The van der Waals surface area contributed by atoms with Gasteiger partial charge in [-0.15, -0.1) is 0 Å². The minimum atomic E-state index is -0.0118. The maximum Gasteiger partial charge on any atom is 0.251 e. The average molecular weight is 233 g/mol. The zero-order chi connectivity index (χ0) is 12.1. The van der Waals surface area contributed by atoms with Crippen LogP contribution in [0.2, 0.25) is 0 Å². The molecule has 0 aliphatic carbocycles. The number of rotatable bonds is 4. The second-order valence-electron chi connectivity index (χ2n) is 4.40. The van der Waals surface area contributed by atoms with Crippen molar-refractivity contribution in [2.45, 2.75) is 25.4 Å². The molecule has 0 bridgehead atoms. The van der Waals surface area contributed by atoms with Gasteiger partial charge in [-0.3, -0.25) is 4.79 Å². The molecule has 1 heterocycles. The Morgan fingerprint density at radius 3 is 2.76 bits per heavy atom. The highest BCUT2D eigenvalue weighted by atomic mass is 16.1. The van der Waals surface area contributed by atoms with E-state index < -0.39 is 0 Å². The fraction of sp³-hybridized carbons (Fsp3) is 0.462. The van der Waals surface area contributed by atoms with Crippen LogP contribution in [-0.4, -0.2) is 25.0 Å². The summed E-state index contributed by atoms with van der Waals surface area (Å²) in [5, 5.41) is 6.30. The van der Waals surface area contributed by atoms with Crippen LogP contribution in [0.4, 0.5) is 0 Å². The maximum absolute atomic E-state index is 11.8. The lowest BCUT2D eigenvalue weighted by Gasteiger charge is -2.11. The van der Waals surface area contributed by atoms with Crippen LogP contribution in [0.25, 0.3) is 0 Å². The minimum Gasteiger partial charge on any atom is -0.350 e. The molecule has 1 aromatic rings. The minimum absolute atomic E-state index is 0.0118. The lowest BCUT2D eigenvalue weighted by molar-refractivity contribution is 0.0950. The summed E-state index contributed by atoms with van der Waals surface area (Å²) in [6.07, 6.45) is 2.35. The molecule has 0 aromatic heterocycles. The second-order valence-corrected chi connectivity index (χ2v) is 4.40. The summed E-state index contributed by atoms with van der Waals surface area (Å²) in [5.41, 5.74) is 7.24. The smallest absolute Gasteiger partial charge is 0.251 e. The van der Waals surface area contributed by atoms with E-state index in [0.29, 0.717) is 24.7 Å². The van der Waals surface area contributed by atoms with Crippen molar-refractivity contribution < 1.29 is 4.79 Å². The second kappa shape index (κ2) is 5.80. The van der Waals surface area contributed by atoms with Crippen LogP contribution < -0.4 is 16.4 Å². The van der Waals surface area contributed by atoms with Crippen molar-refractivity contribution in [3.05, 3.63) is 35.4 Å². The third-order valence-electron chi connectivity index (χ3n) is 3.12. The van der Waals surface area contributed by atoms with Gasteiger partial charge in [-0.25, -0.2) is 0 Å². The van der Waals surface area contributed by atoms with Gasteiger partial charge in [-0.05, 0) is 37.1 Å². The quantitative estimate of drug-likeness (QED) is 0.714. The molecule has 1 aliphatic rings. The van der Waals surface area contributed by atoms with E-state index in [9.17, 15) is 4.79 Å². The van der Waals surface area contributed by atoms with Crippen LogP contribution in [0.5, 0.6) is 0 Å². The first-order valence-electron chi connectivity index (χ1n) is 6.10. The number of hydrogen-bond donors (Lipinski definition) is 3. The topological polar surface area (TPSA) is 67.2 Å². The third-order valence-corrected chi connectivity index (χ3v) is 3.12. The summed E-state index contributed by atoms with van der Waals surface area (Å²) in [5.74, 6) is -0.0118. The van der Waals surface area contributed by atoms with Gasteiger partial charge in [0, 0.05) is 24.7 Å². The normalized spacial score (nSPS) is 19.2. The lowest BCUT2D eigenvalue weighted by Crippen LogP contribution is -2.37. The first-order valence-corrected chi connectivity index (χ1v) is 6.10. The maximum atomic E-state index is 11.8. The van der Waals surface area contributed by atoms with E-state index in [-0.39, 0.29) is 5.91 Å². The molecule has 0 unspecified atom stereocenters. The summed E-state index contributed by atoms with van der Waals surface area (Å²) in [6.45, 7) is 2.27. The van der Waals surface area contributed by atoms with Crippen molar-refractivity contribution in [1.29, 1.82) is 0 Å². The Morgan fingerprint density at radius 2 is 2.18 bits per heavy atom. The summed E-state index contributed by atoms with van der Waals surface area (Å²) < 4.78 is 0. The molecule has 1 aliphatic heterocycles. The number of carbonyl (C=O) groups excluding carboxylic acids is 1. The molecule has 0 saturated carbocycles. The van der Waals surface area contributed by atoms with E-state index in [2.05, 4.69) is 10.6 Å². The first kappa shape index (κ1) is 12.1. The van der Waals surface area contributed by atoms with Gasteiger partial charge < -0.3 is 16.4 Å². The average Bonchev–Trinajstić information content (AvgIpc) is 2.89. The van der Waals surface area contributed by atoms with Crippen molar-refractivity contribution in [2.75, 3.05) is 13.1 Å². The molecule has 1 atom stereocenters. The summed E-state index contributed by atoms with van der Waals surface area (Å²) >= 11 is 0. The van der Waals surface area contributed by atoms with Gasteiger partial charge >= 0.3 is 0 Å². The Labute approximate surface area is 102 Å². The lowest BCUT2D eigenvalue weighted by atomic mass is 10.1. The predicted molar refractivity (Wildman–Crippen MR) is 67.7 cm³/mol. The van der Waals surface area contributed by atoms with Crippen LogP contribution >= 0.6 is 0 Å². The van der Waals surface area contributed by atoms with Crippen LogP contribution in [0, 0.1) is 0 Å². The number of nitrogens with two attached hydrogens (primary N) is 1. The molecule has 17 heavy (non-hydrogen) atoms. The van der Waals surface area contributed by atoms with Gasteiger partial charge in [0.2, 0.25) is 0 Å². The van der Waals surface area contributed by atoms with E-state index in [1.54, 1.807) is 0 Å². The standard InChI is InChI=1S/C13H19N3O/c14-8-10-3-5-11(6-4-10)13(17)16-9-12-2-1-7-15-12/h3-6,12,15H,1-2,7-9,14H2,(H,16,17)/t12-/m0/s1. The number of amides is 1. The molecule has 4 heteroatoms. The predicted octanol–water partition coefficient (Wildman–Crippen LogP) is 0.627. The van der Waals surface area contributed by atoms with Gasteiger partial charge in [0.15, 0.2) is 0 Å². The number of carbonyl (C=O) groups is 1. The highest BCUT2D eigenvalue weighted by Crippen LogP contribution is 2.05. The number of hydrogen-bond acceptors (Lipinski definition) is 3. The molecule has 1 fully saturated rings. The van der Waals surface area contributed by atoms with Gasteiger partial charge in [-0.1, -0.05) is 12.1 Å². The number of nitrogens with one attached hydrogen (secondary N) is 2. The van der Waals surface area contributed by atoms with E-state index in [4.69, 9.17) is 5.73 Å². The first-order chi connectivity index (χ1) is 8.29. The largest absolute Gasteiger partial charge is 0.350 e. The van der Waals surface area contributed by atoms with Gasteiger partial charge in [0.1, 0.15) is 0 Å². The Kier molecular flexibility index (Phi) is 4.12. The molecule has 92 valence electrons. The van der Waals surface area contributed by atoms with E-state index in [1.807, 2.05) is 24.3 Å². The SMILES string of the molecule is NCc1ccc(C(=O)NC[C@@H]2CCCN2)cc1. The molecule has 4 N–H and O–H groups in total. The van der Waals surface area contributed by atoms with E-state index >= 15 is 0 Å². The van der Waals surface area contributed by atoms with Gasteiger partial charge in [0.25, 0.3) is 5.91 Å². The molecule has 1 amide bonds. The molecule has 0 radical (unpaired) electrons. The highest BCUT2D eigenvalue weighted by Gasteiger charge is 2.15. The Morgan fingerprint density at radius 1 is 1.41 bits per heavy atom. The summed E-state index contributed by atoms with van der Waals surface area (Å²) in [6, 6.07) is 7.85. The zero-order valence-electron chi connectivity index (χ0n) is 9.91. The van der Waals surface area contributed by atoms with Crippen LogP contribution in [0.15, 0.2) is 24.3 Å². The van der Waals surface area contributed by atoms with Crippen LogP contribution in [-0.2, 0) is 6.54 Å². The molecular weight excluding hydrogens is 214 g/mol. The van der Waals surface area contributed by atoms with Crippen molar-refractivity contribution in [2.24, 2.45) is 5.73 Å². The van der Waals surface area contributed by atoms with Crippen molar-refractivity contribution in [3.8, 4) is 0 Å². The molecule has 1 saturated heterocycles. The molecule has 2 rings (SSSR count). The Bertz CT molecular complexity index is 369. The summed E-state index contributed by atoms with van der Waals surface area (Å²) in [4.78, 5) is 11.8. The Hall–Kier alpha value is -1.39. The molecule has 4 nitrogen and oxygen atoms in total. The number of benzene rings is 1. The van der Waals surface area contributed by atoms with Gasteiger partial charge in [-0.2, -0.15) is 0 Å². The molecule has 1 aromatic carbocycles. The van der Waals surface area contributed by atoms with E-state index in [0.717, 1.165) is 18.5 Å². The van der Waals surface area contributed by atoms with Crippen LogP contribution in [0.1, 0.15) is 28.8 Å². The summed E-state index contributed by atoms with van der Waals surface area (Å²) in [7, 11) is 0. The fourth-order valence-corrected chi connectivity index (χ4v) is 2.04. The third kappa shape index (κ3) is 3.28. The van der Waals surface area contributed by atoms with Crippen molar-refractivity contribution >= 4 is 5.91 Å².